The van der Waals surface area contributed by atoms with Crippen LogP contribution in [0.2, 0.25) is 0 Å². The van der Waals surface area contributed by atoms with Crippen molar-refractivity contribution in [3.8, 4) is 0 Å². The largest absolute Gasteiger partial charge is 0.479 e. The lowest BCUT2D eigenvalue weighted by Crippen LogP contribution is -2.35. The average Bonchev–Trinajstić information content (AvgIpc) is 3.07. The highest BCUT2D eigenvalue weighted by molar-refractivity contribution is 5.88. The van der Waals surface area contributed by atoms with Gasteiger partial charge in [-0.25, -0.2) is 4.79 Å². The molecular formula is C17H23NO3. The number of hydrogen-bond acceptors (Lipinski definition) is 2. The molecule has 2 rings (SSSR count). The van der Waals surface area contributed by atoms with Gasteiger partial charge in [0.2, 0.25) is 5.91 Å². The Bertz CT molecular complexity index is 561. The molecule has 0 heterocycles. The summed E-state index contributed by atoms with van der Waals surface area (Å²) in [6.07, 6.45) is 1.78. The fourth-order valence-corrected chi connectivity index (χ4v) is 2.91. The summed E-state index contributed by atoms with van der Waals surface area (Å²) in [5.74, 6) is -1.23. The van der Waals surface area contributed by atoms with Gasteiger partial charge in [-0.3, -0.25) is 4.79 Å². The van der Waals surface area contributed by atoms with E-state index in [1.807, 2.05) is 32.0 Å². The molecule has 0 radical (unpaired) electrons. The molecule has 2 N–H and O–H groups in total. The van der Waals surface area contributed by atoms with E-state index in [1.165, 1.54) is 0 Å². The van der Waals surface area contributed by atoms with Crippen LogP contribution in [0.25, 0.3) is 0 Å². The minimum absolute atomic E-state index is 0.0374. The topological polar surface area (TPSA) is 66.4 Å². The third-order valence-corrected chi connectivity index (χ3v) is 4.59. The van der Waals surface area contributed by atoms with Crippen LogP contribution in [-0.2, 0) is 9.59 Å². The van der Waals surface area contributed by atoms with Crippen LogP contribution in [0.15, 0.2) is 18.2 Å². The second kappa shape index (κ2) is 5.51. The molecule has 1 aromatic carbocycles. The van der Waals surface area contributed by atoms with Crippen LogP contribution in [-0.4, -0.2) is 17.0 Å². The van der Waals surface area contributed by atoms with E-state index in [0.717, 1.165) is 24.0 Å². The van der Waals surface area contributed by atoms with Gasteiger partial charge in [0, 0.05) is 5.92 Å². The molecule has 0 saturated heterocycles. The lowest BCUT2D eigenvalue weighted by Gasteiger charge is -2.17. The molecule has 0 spiro atoms. The number of carboxylic acids is 1. The van der Waals surface area contributed by atoms with Crippen LogP contribution in [0.4, 0.5) is 0 Å². The maximum absolute atomic E-state index is 12.3. The first kappa shape index (κ1) is 15.5. The molecule has 0 aromatic heterocycles. The summed E-state index contributed by atoms with van der Waals surface area (Å²) in [7, 11) is 0. The zero-order valence-electron chi connectivity index (χ0n) is 13.1. The summed E-state index contributed by atoms with van der Waals surface area (Å²) in [6.45, 7) is 7.98. The Morgan fingerprint density at radius 2 is 1.90 bits per heavy atom. The maximum atomic E-state index is 12.3. The Hall–Kier alpha value is -1.84. The van der Waals surface area contributed by atoms with E-state index in [9.17, 15) is 14.7 Å². The fraction of sp³-hybridized carbons (Fsp3) is 0.529. The van der Waals surface area contributed by atoms with Crippen molar-refractivity contribution < 1.29 is 14.7 Å². The van der Waals surface area contributed by atoms with E-state index in [4.69, 9.17) is 0 Å². The molecular weight excluding hydrogens is 266 g/mol. The van der Waals surface area contributed by atoms with Crippen molar-refractivity contribution >= 4 is 11.9 Å². The lowest BCUT2D eigenvalue weighted by molar-refractivity contribution is -0.142. The molecule has 1 aromatic rings. The van der Waals surface area contributed by atoms with Gasteiger partial charge in [0.25, 0.3) is 0 Å². The Kier molecular flexibility index (Phi) is 4.08. The van der Waals surface area contributed by atoms with E-state index in [1.54, 1.807) is 0 Å². The third-order valence-electron chi connectivity index (χ3n) is 4.59. The minimum Gasteiger partial charge on any atom is -0.479 e. The molecule has 4 nitrogen and oxygen atoms in total. The first-order valence-electron chi connectivity index (χ1n) is 7.38. The van der Waals surface area contributed by atoms with Gasteiger partial charge in [-0.15, -0.1) is 0 Å². The molecule has 3 unspecified atom stereocenters. The van der Waals surface area contributed by atoms with E-state index < -0.39 is 12.0 Å². The lowest BCUT2D eigenvalue weighted by atomic mass is 10.00. The second-order valence-electron chi connectivity index (χ2n) is 6.47. The number of carbonyl (C=O) groups is 2. The normalized spacial score (nSPS) is 25.2. The molecule has 1 saturated carbocycles. The van der Waals surface area contributed by atoms with Crippen molar-refractivity contribution in [1.29, 1.82) is 0 Å². The molecule has 1 fully saturated rings. The van der Waals surface area contributed by atoms with E-state index >= 15 is 0 Å². The van der Waals surface area contributed by atoms with Crippen LogP contribution in [0, 0.1) is 25.2 Å². The van der Waals surface area contributed by atoms with Crippen LogP contribution in [0.3, 0.4) is 0 Å². The van der Waals surface area contributed by atoms with Gasteiger partial charge in [0.05, 0.1) is 0 Å². The highest BCUT2D eigenvalue weighted by atomic mass is 16.4. The smallest absolute Gasteiger partial charge is 0.330 e. The van der Waals surface area contributed by atoms with Crippen molar-refractivity contribution in [3.63, 3.8) is 0 Å². The highest BCUT2D eigenvalue weighted by Crippen LogP contribution is 2.54. The van der Waals surface area contributed by atoms with Crippen molar-refractivity contribution in [1.82, 2.24) is 5.32 Å². The number of nitrogens with one attached hydrogen (secondary N) is 1. The van der Waals surface area contributed by atoms with Crippen molar-refractivity contribution in [2.24, 2.45) is 11.3 Å². The van der Waals surface area contributed by atoms with E-state index in [2.05, 4.69) is 19.2 Å². The fourth-order valence-electron chi connectivity index (χ4n) is 2.91. The number of rotatable bonds is 5. The number of aryl methyl sites for hydroxylation is 2. The average molecular weight is 289 g/mol. The summed E-state index contributed by atoms with van der Waals surface area (Å²) < 4.78 is 0. The van der Waals surface area contributed by atoms with Gasteiger partial charge in [0.15, 0.2) is 6.04 Å². The van der Waals surface area contributed by atoms with Crippen LogP contribution >= 0.6 is 0 Å². The van der Waals surface area contributed by atoms with Crippen LogP contribution in [0.5, 0.6) is 0 Å². The van der Waals surface area contributed by atoms with Gasteiger partial charge < -0.3 is 10.4 Å². The number of benzene rings is 1. The predicted octanol–water partition coefficient (Wildman–Crippen LogP) is 2.98. The molecule has 1 aliphatic rings. The number of amides is 1. The van der Waals surface area contributed by atoms with Crippen LogP contribution < -0.4 is 5.32 Å². The van der Waals surface area contributed by atoms with E-state index in [0.29, 0.717) is 5.56 Å². The SMILES string of the molecule is CCC1(C)CC1C(=O)NC(C(=O)O)c1cc(C)cc(C)c1. The summed E-state index contributed by atoms with van der Waals surface area (Å²) in [5.41, 5.74) is 2.66. The summed E-state index contributed by atoms with van der Waals surface area (Å²) >= 11 is 0. The first-order valence-corrected chi connectivity index (χ1v) is 7.38. The Morgan fingerprint density at radius 1 is 1.33 bits per heavy atom. The monoisotopic (exact) mass is 289 g/mol. The molecule has 114 valence electrons. The predicted molar refractivity (Wildman–Crippen MR) is 80.9 cm³/mol. The number of carboxylic acid groups (broad SMARTS) is 1. The molecule has 21 heavy (non-hydrogen) atoms. The summed E-state index contributed by atoms with van der Waals surface area (Å²) in [4.78, 5) is 23.8. The van der Waals surface area contributed by atoms with Crippen LogP contribution in [0.1, 0.15) is 49.4 Å². The Morgan fingerprint density at radius 3 is 2.33 bits per heavy atom. The zero-order valence-corrected chi connectivity index (χ0v) is 13.1. The third kappa shape index (κ3) is 3.26. The Balaban J connectivity index is 2.17. The number of aliphatic carboxylic acids is 1. The molecule has 4 heteroatoms. The molecule has 0 aliphatic heterocycles. The zero-order chi connectivity index (χ0) is 15.8. The standard InChI is InChI=1S/C17H23NO3/c1-5-17(4)9-13(17)15(19)18-14(16(20)21)12-7-10(2)6-11(3)8-12/h6-8,13-14H,5,9H2,1-4H3,(H,18,19)(H,20,21). The first-order chi connectivity index (χ1) is 9.76. The number of carbonyl (C=O) groups excluding carboxylic acids is 1. The van der Waals surface area contributed by atoms with Crippen molar-refractivity contribution in [2.45, 2.75) is 46.6 Å². The van der Waals surface area contributed by atoms with Crippen molar-refractivity contribution in [3.05, 3.63) is 34.9 Å². The highest BCUT2D eigenvalue weighted by Gasteiger charge is 2.53. The number of hydrogen-bond donors (Lipinski definition) is 2. The second-order valence-corrected chi connectivity index (χ2v) is 6.47. The summed E-state index contributed by atoms with van der Waals surface area (Å²) in [6, 6.07) is 4.65. The molecule has 1 amide bonds. The van der Waals surface area contributed by atoms with Gasteiger partial charge in [0.1, 0.15) is 0 Å². The van der Waals surface area contributed by atoms with Gasteiger partial charge >= 0.3 is 5.97 Å². The van der Waals surface area contributed by atoms with E-state index in [-0.39, 0.29) is 17.2 Å². The minimum atomic E-state index is -1.02. The summed E-state index contributed by atoms with van der Waals surface area (Å²) in [5, 5.41) is 12.1. The van der Waals surface area contributed by atoms with Gasteiger partial charge in [-0.1, -0.05) is 43.2 Å². The van der Waals surface area contributed by atoms with Gasteiger partial charge in [-0.05, 0) is 37.7 Å². The Labute approximate surface area is 125 Å². The molecule has 0 bridgehead atoms. The molecule has 3 atom stereocenters. The van der Waals surface area contributed by atoms with Crippen molar-refractivity contribution in [2.75, 3.05) is 0 Å². The van der Waals surface area contributed by atoms with Gasteiger partial charge in [-0.2, -0.15) is 0 Å². The maximum Gasteiger partial charge on any atom is 0.330 e. The quantitative estimate of drug-likeness (QED) is 0.875. The molecule has 1 aliphatic carbocycles.